The lowest BCUT2D eigenvalue weighted by molar-refractivity contribution is -0.122. The highest BCUT2D eigenvalue weighted by molar-refractivity contribution is 6.30. The molecular formula is C17H21ClN2O3. The normalized spacial score (nSPS) is 13.6. The number of halogens is 1. The fraction of sp³-hybridized carbons (Fsp3) is 0.412. The molecule has 0 aliphatic rings. The van der Waals surface area contributed by atoms with Crippen molar-refractivity contribution in [2.75, 3.05) is 6.61 Å². The molecule has 0 aliphatic heterocycles. The standard InChI is InChI=1S/C17H21ClN2O3/c1-10(17-11(2)20-23-12(17)3)8-16(22)19-15(9-21)13-4-6-14(18)7-5-13/h4-7,10,15,21H,8-9H2,1-3H3,(H,19,22). The molecule has 5 nitrogen and oxygen atoms in total. The highest BCUT2D eigenvalue weighted by Crippen LogP contribution is 2.26. The molecule has 124 valence electrons. The van der Waals surface area contributed by atoms with E-state index in [4.69, 9.17) is 16.1 Å². The second kappa shape index (κ2) is 7.62. The van der Waals surface area contributed by atoms with Crippen molar-refractivity contribution in [1.82, 2.24) is 10.5 Å². The number of aryl methyl sites for hydroxylation is 2. The summed E-state index contributed by atoms with van der Waals surface area (Å²) < 4.78 is 5.15. The number of benzene rings is 1. The molecule has 23 heavy (non-hydrogen) atoms. The maximum atomic E-state index is 12.3. The summed E-state index contributed by atoms with van der Waals surface area (Å²) in [5, 5.41) is 16.9. The Morgan fingerprint density at radius 3 is 2.52 bits per heavy atom. The van der Waals surface area contributed by atoms with Crippen LogP contribution in [-0.4, -0.2) is 22.8 Å². The minimum Gasteiger partial charge on any atom is -0.394 e. The molecule has 0 aliphatic carbocycles. The lowest BCUT2D eigenvalue weighted by atomic mass is 9.95. The van der Waals surface area contributed by atoms with Gasteiger partial charge in [-0.05, 0) is 37.5 Å². The average Bonchev–Trinajstić information content (AvgIpc) is 2.85. The van der Waals surface area contributed by atoms with Gasteiger partial charge in [-0.1, -0.05) is 35.8 Å². The molecule has 0 radical (unpaired) electrons. The molecule has 6 heteroatoms. The van der Waals surface area contributed by atoms with E-state index in [1.807, 2.05) is 20.8 Å². The van der Waals surface area contributed by atoms with Crippen molar-refractivity contribution in [3.8, 4) is 0 Å². The van der Waals surface area contributed by atoms with E-state index in [9.17, 15) is 9.90 Å². The summed E-state index contributed by atoms with van der Waals surface area (Å²) in [5.74, 6) is 0.594. The molecule has 2 atom stereocenters. The van der Waals surface area contributed by atoms with Crippen LogP contribution in [0.2, 0.25) is 5.02 Å². The number of carbonyl (C=O) groups is 1. The van der Waals surface area contributed by atoms with Gasteiger partial charge in [0.1, 0.15) is 5.76 Å². The molecular weight excluding hydrogens is 316 g/mol. The van der Waals surface area contributed by atoms with E-state index in [1.165, 1.54) is 0 Å². The lowest BCUT2D eigenvalue weighted by Gasteiger charge is -2.18. The summed E-state index contributed by atoms with van der Waals surface area (Å²) in [5.41, 5.74) is 2.58. The topological polar surface area (TPSA) is 75.4 Å². The van der Waals surface area contributed by atoms with E-state index >= 15 is 0 Å². The number of aliphatic hydroxyl groups is 1. The predicted octanol–water partition coefficient (Wildman–Crippen LogP) is 3.29. The highest BCUT2D eigenvalue weighted by Gasteiger charge is 2.21. The number of hydrogen-bond acceptors (Lipinski definition) is 4. The lowest BCUT2D eigenvalue weighted by Crippen LogP contribution is -2.31. The number of rotatable bonds is 6. The number of aliphatic hydroxyl groups excluding tert-OH is 1. The summed E-state index contributed by atoms with van der Waals surface area (Å²) in [6.07, 6.45) is 0.299. The van der Waals surface area contributed by atoms with Crippen molar-refractivity contribution >= 4 is 17.5 Å². The molecule has 2 rings (SSSR count). The van der Waals surface area contributed by atoms with Crippen molar-refractivity contribution in [3.63, 3.8) is 0 Å². The van der Waals surface area contributed by atoms with E-state index in [2.05, 4.69) is 10.5 Å². The van der Waals surface area contributed by atoms with Crippen LogP contribution in [0, 0.1) is 13.8 Å². The van der Waals surface area contributed by atoms with Gasteiger partial charge in [0, 0.05) is 17.0 Å². The Hall–Kier alpha value is -1.85. The molecule has 1 heterocycles. The molecule has 1 amide bonds. The van der Waals surface area contributed by atoms with Gasteiger partial charge in [-0.3, -0.25) is 4.79 Å². The van der Waals surface area contributed by atoms with Gasteiger partial charge in [0.05, 0.1) is 18.3 Å². The van der Waals surface area contributed by atoms with Crippen LogP contribution in [0.1, 0.15) is 47.9 Å². The van der Waals surface area contributed by atoms with Gasteiger partial charge in [-0.2, -0.15) is 0 Å². The number of nitrogens with one attached hydrogen (secondary N) is 1. The molecule has 0 spiro atoms. The maximum absolute atomic E-state index is 12.3. The van der Waals surface area contributed by atoms with Crippen LogP contribution in [0.15, 0.2) is 28.8 Å². The smallest absolute Gasteiger partial charge is 0.221 e. The highest BCUT2D eigenvalue weighted by atomic mass is 35.5. The first-order valence-electron chi connectivity index (χ1n) is 7.50. The second-order valence-electron chi connectivity index (χ2n) is 5.70. The molecule has 1 aromatic carbocycles. The van der Waals surface area contributed by atoms with Gasteiger partial charge in [0.15, 0.2) is 0 Å². The van der Waals surface area contributed by atoms with Gasteiger partial charge in [0.25, 0.3) is 0 Å². The van der Waals surface area contributed by atoms with E-state index in [0.29, 0.717) is 11.4 Å². The fourth-order valence-electron chi connectivity index (χ4n) is 2.76. The summed E-state index contributed by atoms with van der Waals surface area (Å²) in [6, 6.07) is 6.61. The Morgan fingerprint density at radius 1 is 1.35 bits per heavy atom. The first-order chi connectivity index (χ1) is 10.9. The molecule has 2 unspecified atom stereocenters. The summed E-state index contributed by atoms with van der Waals surface area (Å²) >= 11 is 5.86. The minimum atomic E-state index is -0.448. The van der Waals surface area contributed by atoms with E-state index in [1.54, 1.807) is 24.3 Å². The zero-order valence-electron chi connectivity index (χ0n) is 13.5. The Balaban J connectivity index is 2.01. The van der Waals surface area contributed by atoms with Gasteiger partial charge in [-0.15, -0.1) is 0 Å². The number of carbonyl (C=O) groups excluding carboxylic acids is 1. The zero-order chi connectivity index (χ0) is 17.0. The van der Waals surface area contributed by atoms with Crippen LogP contribution in [0.25, 0.3) is 0 Å². The average molecular weight is 337 g/mol. The first kappa shape index (κ1) is 17.5. The third-order valence-electron chi connectivity index (χ3n) is 3.86. The number of aromatic nitrogens is 1. The number of amides is 1. The van der Waals surface area contributed by atoms with Crippen LogP contribution in [-0.2, 0) is 4.79 Å². The van der Waals surface area contributed by atoms with Gasteiger partial charge < -0.3 is 14.9 Å². The predicted molar refractivity (Wildman–Crippen MR) is 88.4 cm³/mol. The van der Waals surface area contributed by atoms with Gasteiger partial charge in [-0.25, -0.2) is 0 Å². The minimum absolute atomic E-state index is 0.00851. The number of hydrogen-bond donors (Lipinski definition) is 2. The third-order valence-corrected chi connectivity index (χ3v) is 4.12. The Bertz CT molecular complexity index is 647. The zero-order valence-corrected chi connectivity index (χ0v) is 14.2. The molecule has 2 N–H and O–H groups in total. The molecule has 0 fully saturated rings. The Morgan fingerprint density at radius 2 is 2.00 bits per heavy atom. The van der Waals surface area contributed by atoms with Crippen molar-refractivity contribution in [2.45, 2.75) is 39.2 Å². The first-order valence-corrected chi connectivity index (χ1v) is 7.88. The van der Waals surface area contributed by atoms with E-state index < -0.39 is 6.04 Å². The van der Waals surface area contributed by atoms with Crippen molar-refractivity contribution in [3.05, 3.63) is 51.9 Å². The third kappa shape index (κ3) is 4.33. The van der Waals surface area contributed by atoms with Gasteiger partial charge in [0.2, 0.25) is 5.91 Å². The van der Waals surface area contributed by atoms with Gasteiger partial charge >= 0.3 is 0 Å². The summed E-state index contributed by atoms with van der Waals surface area (Å²) in [7, 11) is 0. The Labute approximate surface area is 140 Å². The summed E-state index contributed by atoms with van der Waals surface area (Å²) in [6.45, 7) is 5.49. The van der Waals surface area contributed by atoms with Crippen LogP contribution < -0.4 is 5.32 Å². The molecule has 0 saturated heterocycles. The molecule has 1 aromatic heterocycles. The fourth-order valence-corrected chi connectivity index (χ4v) is 2.88. The second-order valence-corrected chi connectivity index (χ2v) is 6.13. The van der Waals surface area contributed by atoms with Crippen LogP contribution in [0.5, 0.6) is 0 Å². The quantitative estimate of drug-likeness (QED) is 0.848. The summed E-state index contributed by atoms with van der Waals surface area (Å²) in [4.78, 5) is 12.3. The molecule has 2 aromatic rings. The van der Waals surface area contributed by atoms with Crippen molar-refractivity contribution in [2.24, 2.45) is 0 Å². The van der Waals surface area contributed by atoms with Crippen molar-refractivity contribution in [1.29, 1.82) is 0 Å². The van der Waals surface area contributed by atoms with E-state index in [0.717, 1.165) is 22.6 Å². The Kier molecular flexibility index (Phi) is 5.80. The molecule has 0 bridgehead atoms. The SMILES string of the molecule is Cc1noc(C)c1C(C)CC(=O)NC(CO)c1ccc(Cl)cc1. The van der Waals surface area contributed by atoms with Crippen LogP contribution >= 0.6 is 11.6 Å². The maximum Gasteiger partial charge on any atom is 0.221 e. The largest absolute Gasteiger partial charge is 0.394 e. The number of nitrogens with zero attached hydrogens (tertiary/aromatic N) is 1. The monoisotopic (exact) mass is 336 g/mol. The van der Waals surface area contributed by atoms with Crippen molar-refractivity contribution < 1.29 is 14.4 Å². The van der Waals surface area contributed by atoms with E-state index in [-0.39, 0.29) is 18.4 Å². The molecule has 0 saturated carbocycles. The van der Waals surface area contributed by atoms with Crippen LogP contribution in [0.3, 0.4) is 0 Å². The van der Waals surface area contributed by atoms with Crippen LogP contribution in [0.4, 0.5) is 0 Å².